The minimum atomic E-state index is -0.458. The van der Waals surface area contributed by atoms with Gasteiger partial charge in [-0.05, 0) is 19.3 Å². The van der Waals surface area contributed by atoms with Gasteiger partial charge in [-0.25, -0.2) is 0 Å². The summed E-state index contributed by atoms with van der Waals surface area (Å²) in [5.41, 5.74) is 10.8. The Labute approximate surface area is 72.7 Å². The minimum Gasteiger partial charge on any atom is -0.304 e. The summed E-state index contributed by atoms with van der Waals surface area (Å²) in [7, 11) is 0. The molecule has 1 saturated carbocycles. The minimum absolute atomic E-state index is 0.204. The monoisotopic (exact) mass is 171 g/mol. The van der Waals surface area contributed by atoms with Crippen LogP contribution in [0.5, 0.6) is 0 Å². The van der Waals surface area contributed by atoms with Gasteiger partial charge in [0.15, 0.2) is 0 Å². The van der Waals surface area contributed by atoms with Gasteiger partial charge >= 0.3 is 0 Å². The molecule has 4 heteroatoms. The van der Waals surface area contributed by atoms with Crippen molar-refractivity contribution in [3.05, 3.63) is 0 Å². The van der Waals surface area contributed by atoms with Crippen molar-refractivity contribution < 1.29 is 4.79 Å². The molecule has 0 aromatic carbocycles. The van der Waals surface area contributed by atoms with E-state index in [1.54, 1.807) is 0 Å². The number of hydrogen-bond acceptors (Lipinski definition) is 4. The molecule has 70 valence electrons. The summed E-state index contributed by atoms with van der Waals surface area (Å²) in [6.45, 7) is 0. The van der Waals surface area contributed by atoms with Crippen LogP contribution in [0.1, 0.15) is 25.7 Å². The number of rotatable bonds is 3. The van der Waals surface area contributed by atoms with Crippen molar-refractivity contribution in [1.29, 1.82) is 0 Å². The highest BCUT2D eigenvalue weighted by molar-refractivity contribution is 5.53. The van der Waals surface area contributed by atoms with Crippen LogP contribution in [0.15, 0.2) is 0 Å². The number of carbonyl (C=O) groups is 1. The van der Waals surface area contributed by atoms with Crippen molar-refractivity contribution in [1.82, 2.24) is 5.32 Å². The van der Waals surface area contributed by atoms with E-state index >= 15 is 0 Å². The molecule has 0 heterocycles. The van der Waals surface area contributed by atoms with Crippen LogP contribution in [-0.2, 0) is 4.79 Å². The van der Waals surface area contributed by atoms with Gasteiger partial charge in [-0.15, -0.1) is 0 Å². The number of hydrogen-bond donors (Lipinski definition) is 3. The molecule has 0 aromatic heterocycles. The van der Waals surface area contributed by atoms with Crippen LogP contribution < -0.4 is 16.8 Å². The quantitative estimate of drug-likeness (QED) is 0.396. The SMILES string of the molecule is NC(N)NC1CCCC(C=O)C1. The van der Waals surface area contributed by atoms with E-state index in [1.807, 2.05) is 0 Å². The van der Waals surface area contributed by atoms with E-state index in [0.29, 0.717) is 6.04 Å². The van der Waals surface area contributed by atoms with Gasteiger partial charge in [0.25, 0.3) is 0 Å². The Bertz CT molecular complexity index is 149. The highest BCUT2D eigenvalue weighted by atomic mass is 16.1. The summed E-state index contributed by atoms with van der Waals surface area (Å²) >= 11 is 0. The van der Waals surface area contributed by atoms with Gasteiger partial charge in [-0.3, -0.25) is 5.32 Å². The molecule has 12 heavy (non-hydrogen) atoms. The van der Waals surface area contributed by atoms with Crippen molar-refractivity contribution >= 4 is 6.29 Å². The lowest BCUT2D eigenvalue weighted by molar-refractivity contribution is -0.112. The first-order valence-electron chi connectivity index (χ1n) is 4.45. The van der Waals surface area contributed by atoms with E-state index in [-0.39, 0.29) is 5.92 Å². The van der Waals surface area contributed by atoms with Crippen LogP contribution in [0.3, 0.4) is 0 Å². The Morgan fingerprint density at radius 2 is 2.17 bits per heavy atom. The summed E-state index contributed by atoms with van der Waals surface area (Å²) < 4.78 is 0. The normalized spacial score (nSPS) is 30.6. The molecule has 1 rings (SSSR count). The molecule has 0 aromatic rings. The van der Waals surface area contributed by atoms with Gasteiger partial charge in [0.05, 0.1) is 0 Å². The smallest absolute Gasteiger partial charge is 0.123 e. The van der Waals surface area contributed by atoms with Crippen LogP contribution >= 0.6 is 0 Å². The van der Waals surface area contributed by atoms with Gasteiger partial charge in [-0.2, -0.15) is 0 Å². The van der Waals surface area contributed by atoms with Crippen molar-refractivity contribution in [3.63, 3.8) is 0 Å². The second kappa shape index (κ2) is 4.54. The topological polar surface area (TPSA) is 81.1 Å². The predicted octanol–water partition coefficient (Wildman–Crippen LogP) is -0.465. The Hall–Kier alpha value is -0.450. The summed E-state index contributed by atoms with van der Waals surface area (Å²) in [6, 6.07) is 0.328. The van der Waals surface area contributed by atoms with Crippen molar-refractivity contribution in [3.8, 4) is 0 Å². The Balaban J connectivity index is 2.30. The molecule has 0 aliphatic heterocycles. The zero-order valence-corrected chi connectivity index (χ0v) is 7.20. The number of carbonyl (C=O) groups excluding carboxylic acids is 1. The van der Waals surface area contributed by atoms with E-state index < -0.39 is 6.29 Å². The molecule has 1 fully saturated rings. The van der Waals surface area contributed by atoms with Crippen molar-refractivity contribution in [2.24, 2.45) is 17.4 Å². The van der Waals surface area contributed by atoms with Crippen molar-refractivity contribution in [2.75, 3.05) is 0 Å². The van der Waals surface area contributed by atoms with Gasteiger partial charge in [0.2, 0.25) is 0 Å². The second-order valence-corrected chi connectivity index (χ2v) is 3.45. The lowest BCUT2D eigenvalue weighted by Gasteiger charge is -2.28. The maximum Gasteiger partial charge on any atom is 0.123 e. The molecule has 2 unspecified atom stereocenters. The molecule has 1 aliphatic rings. The highest BCUT2D eigenvalue weighted by Gasteiger charge is 2.21. The van der Waals surface area contributed by atoms with Gasteiger partial charge in [0, 0.05) is 12.0 Å². The molecule has 2 atom stereocenters. The van der Waals surface area contributed by atoms with Gasteiger partial charge in [0.1, 0.15) is 12.6 Å². The van der Waals surface area contributed by atoms with E-state index in [2.05, 4.69) is 5.32 Å². The fraction of sp³-hybridized carbons (Fsp3) is 0.875. The predicted molar refractivity (Wildman–Crippen MR) is 47.1 cm³/mol. The molecule has 4 nitrogen and oxygen atoms in total. The molecule has 0 amide bonds. The number of nitrogens with two attached hydrogens (primary N) is 2. The number of aldehydes is 1. The van der Waals surface area contributed by atoms with E-state index in [9.17, 15) is 4.79 Å². The first kappa shape index (κ1) is 9.64. The lowest BCUT2D eigenvalue weighted by Crippen LogP contribution is -2.51. The summed E-state index contributed by atoms with van der Waals surface area (Å²) in [6.07, 6.45) is 4.65. The first-order chi connectivity index (χ1) is 5.72. The molecule has 0 spiro atoms. The molecule has 1 aliphatic carbocycles. The second-order valence-electron chi connectivity index (χ2n) is 3.45. The summed E-state index contributed by atoms with van der Waals surface area (Å²) in [4.78, 5) is 10.5. The van der Waals surface area contributed by atoms with Gasteiger partial charge < -0.3 is 16.3 Å². The summed E-state index contributed by atoms with van der Waals surface area (Å²) in [5.74, 6) is 0.204. The number of nitrogens with one attached hydrogen (secondary N) is 1. The zero-order valence-electron chi connectivity index (χ0n) is 7.20. The summed E-state index contributed by atoms with van der Waals surface area (Å²) in [5, 5.41) is 3.04. The van der Waals surface area contributed by atoms with Crippen LogP contribution in [-0.4, -0.2) is 18.6 Å². The molecular formula is C8H17N3O. The standard InChI is InChI=1S/C8H17N3O/c9-8(10)11-7-3-1-2-6(4-7)5-12/h5-8,11H,1-4,9-10H2. The Morgan fingerprint density at radius 3 is 2.75 bits per heavy atom. The molecule has 0 saturated heterocycles. The van der Waals surface area contributed by atoms with E-state index in [0.717, 1.165) is 32.0 Å². The molecule has 5 N–H and O–H groups in total. The highest BCUT2D eigenvalue weighted by Crippen LogP contribution is 2.22. The van der Waals surface area contributed by atoms with Gasteiger partial charge in [-0.1, -0.05) is 6.42 Å². The molecule has 0 bridgehead atoms. The molecule has 0 radical (unpaired) electrons. The Kier molecular flexibility index (Phi) is 3.65. The fourth-order valence-corrected chi connectivity index (χ4v) is 1.77. The van der Waals surface area contributed by atoms with Crippen LogP contribution in [0.2, 0.25) is 0 Å². The van der Waals surface area contributed by atoms with Crippen molar-refractivity contribution in [2.45, 2.75) is 38.0 Å². The first-order valence-corrected chi connectivity index (χ1v) is 4.45. The lowest BCUT2D eigenvalue weighted by atomic mass is 9.87. The van der Waals surface area contributed by atoms with E-state index in [4.69, 9.17) is 11.5 Å². The Morgan fingerprint density at radius 1 is 1.42 bits per heavy atom. The van der Waals surface area contributed by atoms with Crippen LogP contribution in [0.4, 0.5) is 0 Å². The van der Waals surface area contributed by atoms with Crippen LogP contribution in [0, 0.1) is 5.92 Å². The largest absolute Gasteiger partial charge is 0.304 e. The fourth-order valence-electron chi connectivity index (χ4n) is 1.77. The third-order valence-electron chi connectivity index (χ3n) is 2.34. The maximum atomic E-state index is 10.5. The third-order valence-corrected chi connectivity index (χ3v) is 2.34. The molecular weight excluding hydrogens is 154 g/mol. The average molecular weight is 171 g/mol. The third kappa shape index (κ3) is 2.89. The average Bonchev–Trinajstić information content (AvgIpc) is 2.03. The van der Waals surface area contributed by atoms with E-state index in [1.165, 1.54) is 0 Å². The zero-order chi connectivity index (χ0) is 8.97. The van der Waals surface area contributed by atoms with Crippen LogP contribution in [0.25, 0.3) is 0 Å². The maximum absolute atomic E-state index is 10.5.